The van der Waals surface area contributed by atoms with Gasteiger partial charge in [0.2, 0.25) is 0 Å². The highest BCUT2D eigenvalue weighted by molar-refractivity contribution is 6.31. The first-order valence-electron chi connectivity index (χ1n) is 13.1. The number of hydrogen-bond donors (Lipinski definition) is 1. The highest BCUT2D eigenvalue weighted by Crippen LogP contribution is 2.31. The van der Waals surface area contributed by atoms with Gasteiger partial charge < -0.3 is 19.5 Å². The van der Waals surface area contributed by atoms with Gasteiger partial charge in [-0.25, -0.2) is 9.18 Å². The van der Waals surface area contributed by atoms with Crippen molar-refractivity contribution in [3.05, 3.63) is 88.2 Å². The molecule has 0 spiro atoms. The van der Waals surface area contributed by atoms with Crippen molar-refractivity contribution < 1.29 is 28.2 Å². The van der Waals surface area contributed by atoms with Crippen molar-refractivity contribution in [2.45, 2.75) is 78.7 Å². The summed E-state index contributed by atoms with van der Waals surface area (Å²) in [5.74, 6) is -0.271. The minimum Gasteiger partial charge on any atom is -0.489 e. The maximum atomic E-state index is 15.7. The summed E-state index contributed by atoms with van der Waals surface area (Å²) in [6.07, 6.45) is -0.555. The molecule has 1 atom stereocenters. The summed E-state index contributed by atoms with van der Waals surface area (Å²) >= 11 is 6.42. The summed E-state index contributed by atoms with van der Waals surface area (Å²) in [6, 6.07) is 16.9. The van der Waals surface area contributed by atoms with Crippen molar-refractivity contribution in [3.63, 3.8) is 0 Å². The molecule has 0 fully saturated rings. The van der Waals surface area contributed by atoms with Crippen LogP contribution in [-0.4, -0.2) is 23.3 Å². The van der Waals surface area contributed by atoms with E-state index in [0.29, 0.717) is 33.0 Å². The molecule has 0 radical (unpaired) electrons. The summed E-state index contributed by atoms with van der Waals surface area (Å²) in [7, 11) is 0. The topological polar surface area (TPSA) is 73.9 Å². The first kappa shape index (κ1) is 31.0. The van der Waals surface area contributed by atoms with Crippen molar-refractivity contribution in [2.75, 3.05) is 0 Å². The zero-order valence-electron chi connectivity index (χ0n) is 24.1. The minimum atomic E-state index is -0.667. The third kappa shape index (κ3) is 9.26. The van der Waals surface area contributed by atoms with Gasteiger partial charge in [-0.05, 0) is 83.9 Å². The maximum absolute atomic E-state index is 15.7. The molecule has 8 heteroatoms. The fourth-order valence-electron chi connectivity index (χ4n) is 4.04. The average molecular weight is 570 g/mol. The van der Waals surface area contributed by atoms with E-state index in [1.165, 1.54) is 0 Å². The molecule has 214 valence electrons. The van der Waals surface area contributed by atoms with Crippen LogP contribution in [0.5, 0.6) is 5.75 Å². The number of alkyl carbamates (subject to hydrolysis) is 1. The molecule has 1 N–H and O–H groups in total. The van der Waals surface area contributed by atoms with Crippen molar-refractivity contribution in [3.8, 4) is 16.9 Å². The zero-order chi connectivity index (χ0) is 29.7. The van der Waals surface area contributed by atoms with E-state index in [2.05, 4.69) is 5.32 Å². The van der Waals surface area contributed by atoms with Crippen LogP contribution in [-0.2, 0) is 27.3 Å². The van der Waals surface area contributed by atoms with Crippen LogP contribution in [0.4, 0.5) is 9.18 Å². The molecule has 0 heterocycles. The summed E-state index contributed by atoms with van der Waals surface area (Å²) in [5.41, 5.74) is 1.39. The molecule has 0 unspecified atom stereocenters. The Bertz CT molecular complexity index is 1360. The Balaban J connectivity index is 1.79. The molecule has 40 heavy (non-hydrogen) atoms. The second-order valence-corrected chi connectivity index (χ2v) is 12.0. The summed E-state index contributed by atoms with van der Waals surface area (Å²) < 4.78 is 32.5. The highest BCUT2D eigenvalue weighted by Gasteiger charge is 2.22. The zero-order valence-corrected chi connectivity index (χ0v) is 24.8. The number of ether oxygens (including phenoxy) is 3. The van der Waals surface area contributed by atoms with Crippen LogP contribution in [0.3, 0.4) is 0 Å². The monoisotopic (exact) mass is 569 g/mol. The Morgan fingerprint density at radius 2 is 1.60 bits per heavy atom. The number of carbonyl (C=O) groups is 2. The van der Waals surface area contributed by atoms with E-state index in [4.69, 9.17) is 25.8 Å². The molecule has 0 saturated carbocycles. The Morgan fingerprint density at radius 3 is 2.27 bits per heavy atom. The lowest BCUT2D eigenvalue weighted by molar-refractivity contribution is -0.153. The van der Waals surface area contributed by atoms with Crippen LogP contribution in [0.2, 0.25) is 5.02 Å². The quantitative estimate of drug-likeness (QED) is 0.277. The van der Waals surface area contributed by atoms with Gasteiger partial charge in [-0.2, -0.15) is 0 Å². The van der Waals surface area contributed by atoms with Gasteiger partial charge >= 0.3 is 12.1 Å². The molecule has 0 saturated heterocycles. The fourth-order valence-corrected chi connectivity index (χ4v) is 4.30. The van der Waals surface area contributed by atoms with E-state index in [1.54, 1.807) is 70.2 Å². The van der Waals surface area contributed by atoms with Crippen LogP contribution in [0.15, 0.2) is 60.7 Å². The van der Waals surface area contributed by atoms with Gasteiger partial charge in [0.15, 0.2) is 0 Å². The first-order valence-corrected chi connectivity index (χ1v) is 13.5. The maximum Gasteiger partial charge on any atom is 0.408 e. The number of halogens is 2. The third-order valence-electron chi connectivity index (χ3n) is 5.62. The molecule has 0 aliphatic rings. The van der Waals surface area contributed by atoms with Crippen LogP contribution >= 0.6 is 11.6 Å². The predicted molar refractivity (Wildman–Crippen MR) is 155 cm³/mol. The van der Waals surface area contributed by atoms with E-state index in [0.717, 1.165) is 5.56 Å². The molecule has 3 rings (SSSR count). The summed E-state index contributed by atoms with van der Waals surface area (Å²) in [4.78, 5) is 24.6. The normalized spacial score (nSPS) is 12.4. The number of nitrogens with one attached hydrogen (secondary N) is 1. The van der Waals surface area contributed by atoms with Crippen molar-refractivity contribution in [1.82, 2.24) is 5.32 Å². The molecule has 1 amide bonds. The van der Waals surface area contributed by atoms with Gasteiger partial charge in [0.1, 0.15) is 29.4 Å². The SMILES string of the molecule is C[C@@H](NC(=O)OC(C)(C)C)c1cccc(-c2cc(Cl)cc(COc3ccccc3CC(=O)OC(C)(C)C)c2)c1F. The van der Waals surface area contributed by atoms with E-state index in [-0.39, 0.29) is 19.0 Å². The van der Waals surface area contributed by atoms with Crippen LogP contribution in [0.1, 0.15) is 71.2 Å². The minimum absolute atomic E-state index is 0.0712. The lowest BCUT2D eigenvalue weighted by Gasteiger charge is -2.22. The number of hydrogen-bond acceptors (Lipinski definition) is 5. The predicted octanol–water partition coefficient (Wildman–Crippen LogP) is 8.20. The highest BCUT2D eigenvalue weighted by atomic mass is 35.5. The second kappa shape index (κ2) is 12.7. The molecular weight excluding hydrogens is 533 g/mol. The van der Waals surface area contributed by atoms with Gasteiger partial charge in [-0.3, -0.25) is 4.79 Å². The van der Waals surface area contributed by atoms with Crippen LogP contribution in [0, 0.1) is 5.82 Å². The molecule has 3 aromatic carbocycles. The van der Waals surface area contributed by atoms with E-state index in [9.17, 15) is 9.59 Å². The number of rotatable bonds is 8. The lowest BCUT2D eigenvalue weighted by Crippen LogP contribution is -2.34. The summed E-state index contributed by atoms with van der Waals surface area (Å²) in [5, 5.41) is 3.10. The Labute approximate surface area is 240 Å². The number of para-hydroxylation sites is 1. The Kier molecular flexibility index (Phi) is 9.85. The molecule has 3 aromatic rings. The first-order chi connectivity index (χ1) is 18.6. The van der Waals surface area contributed by atoms with Gasteiger partial charge in [-0.1, -0.05) is 48.0 Å². The molecular formula is C32H37ClFNO5. The largest absolute Gasteiger partial charge is 0.489 e. The van der Waals surface area contributed by atoms with Gasteiger partial charge in [-0.15, -0.1) is 0 Å². The van der Waals surface area contributed by atoms with E-state index < -0.39 is 29.2 Å². The van der Waals surface area contributed by atoms with Crippen molar-refractivity contribution in [1.29, 1.82) is 0 Å². The van der Waals surface area contributed by atoms with E-state index >= 15 is 4.39 Å². The standard InChI is InChI=1S/C32H37ClFNO5/c1-20(35-30(37)40-32(5,6)7)25-12-10-13-26(29(25)34)23-15-21(16-24(33)17-23)19-38-27-14-9-8-11-22(27)18-28(36)39-31(2,3)4/h8-17,20H,18-19H2,1-7H3,(H,35,37)/t20-/m1/s1. The van der Waals surface area contributed by atoms with E-state index in [1.807, 2.05) is 39.0 Å². The smallest absolute Gasteiger partial charge is 0.408 e. The number of carbonyl (C=O) groups excluding carboxylic acids is 2. The Morgan fingerprint density at radius 1 is 0.925 bits per heavy atom. The van der Waals surface area contributed by atoms with Crippen LogP contribution in [0.25, 0.3) is 11.1 Å². The second-order valence-electron chi connectivity index (χ2n) is 11.6. The number of amides is 1. The number of esters is 1. The average Bonchev–Trinajstić information content (AvgIpc) is 2.80. The molecule has 6 nitrogen and oxygen atoms in total. The number of benzene rings is 3. The van der Waals surface area contributed by atoms with Gasteiger partial charge in [0.05, 0.1) is 12.5 Å². The summed E-state index contributed by atoms with van der Waals surface area (Å²) in [6.45, 7) is 12.6. The van der Waals surface area contributed by atoms with Crippen molar-refractivity contribution in [2.24, 2.45) is 0 Å². The third-order valence-corrected chi connectivity index (χ3v) is 5.84. The van der Waals surface area contributed by atoms with Gasteiger partial charge in [0, 0.05) is 21.7 Å². The lowest BCUT2D eigenvalue weighted by atomic mass is 9.97. The molecule has 0 aliphatic carbocycles. The molecule has 0 aliphatic heterocycles. The van der Waals surface area contributed by atoms with Gasteiger partial charge in [0.25, 0.3) is 0 Å². The van der Waals surface area contributed by atoms with Crippen molar-refractivity contribution >= 4 is 23.7 Å². The molecule has 0 aromatic heterocycles. The fraction of sp³-hybridized carbons (Fsp3) is 0.375. The van der Waals surface area contributed by atoms with Crippen LogP contribution < -0.4 is 10.1 Å². The molecule has 0 bridgehead atoms. The Hall–Kier alpha value is -3.58.